The smallest absolute Gasteiger partial charge is 0.331 e. The maximum absolute atomic E-state index is 11.9. The van der Waals surface area contributed by atoms with Gasteiger partial charge in [-0.2, -0.15) is 0 Å². The molecule has 0 spiro atoms. The number of nitrogens with one attached hydrogen (secondary N) is 1. The maximum Gasteiger partial charge on any atom is 0.331 e. The Balaban J connectivity index is 1.41. The molecule has 1 saturated carbocycles. The first-order valence-corrected chi connectivity index (χ1v) is 9.08. The lowest BCUT2D eigenvalue weighted by atomic mass is 9.96. The molecule has 1 aromatic heterocycles. The number of halogens is 1. The predicted molar refractivity (Wildman–Crippen MR) is 102 cm³/mol. The van der Waals surface area contributed by atoms with Gasteiger partial charge in [0.2, 0.25) is 0 Å². The van der Waals surface area contributed by atoms with Crippen LogP contribution < -0.4 is 5.32 Å². The van der Waals surface area contributed by atoms with Gasteiger partial charge in [0.1, 0.15) is 5.76 Å². The first-order chi connectivity index (χ1) is 12.1. The molecule has 5 nitrogen and oxygen atoms in total. The van der Waals surface area contributed by atoms with Crippen LogP contribution in [-0.4, -0.2) is 25.0 Å². The minimum absolute atomic E-state index is 0.0390. The van der Waals surface area contributed by atoms with Crippen LogP contribution in [0, 0.1) is 3.77 Å². The highest BCUT2D eigenvalue weighted by Crippen LogP contribution is 2.47. The number of carbonyl (C=O) groups is 2. The Kier molecular flexibility index (Phi) is 5.57. The molecule has 0 aliphatic heterocycles. The Morgan fingerprint density at radius 3 is 2.60 bits per heavy atom. The number of furan rings is 1. The van der Waals surface area contributed by atoms with E-state index >= 15 is 0 Å². The quantitative estimate of drug-likeness (QED) is 0.399. The van der Waals surface area contributed by atoms with Crippen molar-refractivity contribution in [2.24, 2.45) is 0 Å². The van der Waals surface area contributed by atoms with Gasteiger partial charge in [-0.15, -0.1) is 0 Å². The molecule has 1 N–H and O–H groups in total. The van der Waals surface area contributed by atoms with Gasteiger partial charge in [0.25, 0.3) is 5.91 Å². The van der Waals surface area contributed by atoms with Crippen LogP contribution in [0.5, 0.6) is 0 Å². The van der Waals surface area contributed by atoms with Crippen molar-refractivity contribution in [1.82, 2.24) is 5.32 Å². The highest BCUT2D eigenvalue weighted by molar-refractivity contribution is 14.1. The van der Waals surface area contributed by atoms with E-state index in [9.17, 15) is 9.59 Å². The Hall–Kier alpha value is -2.09. The van der Waals surface area contributed by atoms with Gasteiger partial charge in [0.15, 0.2) is 10.4 Å². The van der Waals surface area contributed by atoms with Crippen LogP contribution in [-0.2, 0) is 19.7 Å². The van der Waals surface area contributed by atoms with Gasteiger partial charge in [0.05, 0.1) is 0 Å². The van der Waals surface area contributed by atoms with Crippen LogP contribution in [0.1, 0.15) is 24.2 Å². The average molecular weight is 451 g/mol. The maximum atomic E-state index is 11.9. The minimum atomic E-state index is -0.578. The van der Waals surface area contributed by atoms with Gasteiger partial charge in [-0.3, -0.25) is 4.79 Å². The Morgan fingerprint density at radius 1 is 1.20 bits per heavy atom. The van der Waals surface area contributed by atoms with Crippen LogP contribution in [0.25, 0.3) is 6.08 Å². The summed E-state index contributed by atoms with van der Waals surface area (Å²) in [6.07, 6.45) is 4.87. The van der Waals surface area contributed by atoms with E-state index in [-0.39, 0.29) is 17.9 Å². The summed E-state index contributed by atoms with van der Waals surface area (Å²) in [6.45, 7) is 0.276. The monoisotopic (exact) mass is 451 g/mol. The molecule has 1 aromatic carbocycles. The van der Waals surface area contributed by atoms with E-state index in [2.05, 4.69) is 17.4 Å². The number of carbonyl (C=O) groups excluding carboxylic acids is 2. The van der Waals surface area contributed by atoms with Crippen LogP contribution in [0.2, 0.25) is 0 Å². The van der Waals surface area contributed by atoms with Crippen molar-refractivity contribution < 1.29 is 18.7 Å². The van der Waals surface area contributed by atoms with E-state index < -0.39 is 5.97 Å². The molecule has 3 rings (SSSR count). The Bertz CT molecular complexity index is 778. The van der Waals surface area contributed by atoms with Gasteiger partial charge in [0, 0.05) is 18.0 Å². The zero-order valence-corrected chi connectivity index (χ0v) is 15.7. The summed E-state index contributed by atoms with van der Waals surface area (Å²) in [5, 5.41) is 2.86. The standard InChI is InChI=1S/C19H18INO4/c20-16-8-6-15(25-16)7-9-18(23)24-12-17(22)21-13-19(10-11-19)14-4-2-1-3-5-14/h1-9H,10-13H2,(H,21,22)/b9-7+. The van der Waals surface area contributed by atoms with E-state index in [1.165, 1.54) is 17.7 Å². The summed E-state index contributed by atoms with van der Waals surface area (Å²) >= 11 is 2.04. The lowest BCUT2D eigenvalue weighted by Gasteiger charge is -2.16. The summed E-state index contributed by atoms with van der Waals surface area (Å²) in [6, 6.07) is 13.7. The third kappa shape index (κ3) is 4.94. The Labute approximate surface area is 159 Å². The molecule has 0 bridgehead atoms. The van der Waals surface area contributed by atoms with Gasteiger partial charge in [-0.05, 0) is 59.2 Å². The number of ether oxygens (including phenoxy) is 1. The molecule has 1 aliphatic carbocycles. The molecule has 0 unspecified atom stereocenters. The summed E-state index contributed by atoms with van der Waals surface area (Å²) < 4.78 is 11.0. The summed E-state index contributed by atoms with van der Waals surface area (Å²) in [5.41, 5.74) is 1.28. The molecule has 1 heterocycles. The molecule has 6 heteroatoms. The third-order valence-corrected chi connectivity index (χ3v) is 4.77. The number of benzene rings is 1. The van der Waals surface area contributed by atoms with Crippen molar-refractivity contribution in [2.45, 2.75) is 18.3 Å². The van der Waals surface area contributed by atoms with Crippen molar-refractivity contribution in [1.29, 1.82) is 0 Å². The molecule has 0 atom stereocenters. The largest absolute Gasteiger partial charge is 0.452 e. The fraction of sp³-hybridized carbons (Fsp3) is 0.263. The molecule has 25 heavy (non-hydrogen) atoms. The second kappa shape index (κ2) is 7.86. The first kappa shape index (κ1) is 17.7. The van der Waals surface area contributed by atoms with Gasteiger partial charge in [-0.1, -0.05) is 30.3 Å². The first-order valence-electron chi connectivity index (χ1n) is 8.00. The molecule has 0 radical (unpaired) electrons. The molecule has 1 amide bonds. The molecule has 0 saturated heterocycles. The van der Waals surface area contributed by atoms with E-state index in [0.29, 0.717) is 12.3 Å². The van der Waals surface area contributed by atoms with Crippen molar-refractivity contribution in [3.05, 3.63) is 63.6 Å². The van der Waals surface area contributed by atoms with Gasteiger partial charge < -0.3 is 14.5 Å². The number of esters is 1. The number of hydrogen-bond donors (Lipinski definition) is 1. The number of amides is 1. The minimum Gasteiger partial charge on any atom is -0.452 e. The van der Waals surface area contributed by atoms with Crippen LogP contribution in [0.4, 0.5) is 0 Å². The fourth-order valence-corrected chi connectivity index (χ4v) is 3.02. The zero-order valence-electron chi connectivity index (χ0n) is 13.5. The van der Waals surface area contributed by atoms with Crippen molar-refractivity contribution >= 4 is 40.5 Å². The van der Waals surface area contributed by atoms with E-state index in [0.717, 1.165) is 16.6 Å². The second-order valence-electron chi connectivity index (χ2n) is 6.01. The summed E-state index contributed by atoms with van der Waals surface area (Å²) in [7, 11) is 0. The predicted octanol–water partition coefficient (Wildman–Crippen LogP) is 3.29. The highest BCUT2D eigenvalue weighted by Gasteiger charge is 2.44. The third-order valence-electron chi connectivity index (χ3n) is 4.19. The van der Waals surface area contributed by atoms with Crippen LogP contribution in [0.3, 0.4) is 0 Å². The van der Waals surface area contributed by atoms with Gasteiger partial charge in [-0.25, -0.2) is 4.79 Å². The molecule has 1 aliphatic rings. The average Bonchev–Trinajstić information content (AvgIpc) is 3.32. The van der Waals surface area contributed by atoms with E-state index in [4.69, 9.17) is 9.15 Å². The van der Waals surface area contributed by atoms with Gasteiger partial charge >= 0.3 is 5.97 Å². The number of rotatable bonds is 7. The molecular formula is C19H18INO4. The van der Waals surface area contributed by atoms with E-state index in [1.807, 2.05) is 40.8 Å². The molecular weight excluding hydrogens is 433 g/mol. The summed E-state index contributed by atoms with van der Waals surface area (Å²) in [4.78, 5) is 23.5. The summed E-state index contributed by atoms with van der Waals surface area (Å²) in [5.74, 6) is -0.313. The van der Waals surface area contributed by atoms with Crippen LogP contribution >= 0.6 is 22.6 Å². The fourth-order valence-electron chi connectivity index (χ4n) is 2.58. The van der Waals surface area contributed by atoms with Crippen LogP contribution in [0.15, 0.2) is 53.0 Å². The number of hydrogen-bond acceptors (Lipinski definition) is 4. The van der Waals surface area contributed by atoms with Crippen molar-refractivity contribution in [2.75, 3.05) is 13.2 Å². The van der Waals surface area contributed by atoms with Crippen molar-refractivity contribution in [3.63, 3.8) is 0 Å². The molecule has 1 fully saturated rings. The zero-order chi connectivity index (χ0) is 17.7. The normalized spacial score (nSPS) is 15.1. The lowest BCUT2D eigenvalue weighted by Crippen LogP contribution is -2.35. The lowest BCUT2D eigenvalue weighted by molar-refractivity contribution is -0.143. The van der Waals surface area contributed by atoms with E-state index in [1.54, 1.807) is 12.1 Å². The highest BCUT2D eigenvalue weighted by atomic mass is 127. The second-order valence-corrected chi connectivity index (χ2v) is 7.07. The molecule has 2 aromatic rings. The SMILES string of the molecule is O=C(COC(=O)/C=C/c1ccc(I)o1)NCC1(c2ccccc2)CC1. The van der Waals surface area contributed by atoms with Crippen molar-refractivity contribution in [3.8, 4) is 0 Å². The molecule has 130 valence electrons. The topological polar surface area (TPSA) is 68.5 Å². The Morgan fingerprint density at radius 2 is 1.96 bits per heavy atom.